The molecule has 0 bridgehead atoms. The Morgan fingerprint density at radius 2 is 2.31 bits per heavy atom. The molecular weight excluding hydrogens is 196 g/mol. The number of hydrogen-bond donors (Lipinski definition) is 2. The summed E-state index contributed by atoms with van der Waals surface area (Å²) in [5.74, 6) is 1.89. The lowest BCUT2D eigenvalue weighted by molar-refractivity contribution is 0.612. The highest BCUT2D eigenvalue weighted by Gasteiger charge is 2.31. The minimum atomic E-state index is 0.938. The van der Waals surface area contributed by atoms with Crippen molar-refractivity contribution in [2.75, 3.05) is 18.4 Å². The zero-order valence-electron chi connectivity index (χ0n) is 9.92. The predicted octanol–water partition coefficient (Wildman–Crippen LogP) is 2.40. The zero-order chi connectivity index (χ0) is 11.0. The molecule has 2 unspecified atom stereocenters. The molecule has 3 rings (SSSR count). The molecule has 16 heavy (non-hydrogen) atoms. The molecule has 1 aliphatic carbocycles. The Hall–Kier alpha value is -1.02. The van der Waals surface area contributed by atoms with Crippen molar-refractivity contribution in [3.8, 4) is 0 Å². The molecule has 2 nitrogen and oxygen atoms in total. The van der Waals surface area contributed by atoms with E-state index >= 15 is 0 Å². The number of hydrogen-bond acceptors (Lipinski definition) is 2. The molecule has 1 aromatic rings. The molecule has 1 aromatic carbocycles. The second kappa shape index (κ2) is 4.10. The Labute approximate surface area is 97.4 Å². The fourth-order valence-corrected chi connectivity index (χ4v) is 2.53. The molecule has 1 fully saturated rings. The topological polar surface area (TPSA) is 24.1 Å². The molecule has 0 spiro atoms. The quantitative estimate of drug-likeness (QED) is 0.807. The molecule has 1 aliphatic heterocycles. The van der Waals surface area contributed by atoms with E-state index in [1.165, 1.54) is 36.2 Å². The average Bonchev–Trinajstić information content (AvgIpc) is 2.80. The molecule has 2 atom stereocenters. The van der Waals surface area contributed by atoms with Crippen LogP contribution in [0.1, 0.15) is 24.5 Å². The summed E-state index contributed by atoms with van der Waals surface area (Å²) in [7, 11) is 0. The van der Waals surface area contributed by atoms with E-state index in [0.29, 0.717) is 0 Å². The first kappa shape index (κ1) is 10.2. The standard InChI is InChI=1S/C14H20N2/c1-10-6-13(10)9-15-8-11-2-3-12-4-5-16-14(12)7-11/h2-3,7,10,13,15-16H,4-6,8-9H2,1H3. The van der Waals surface area contributed by atoms with Gasteiger partial charge in [-0.15, -0.1) is 0 Å². The van der Waals surface area contributed by atoms with Crippen LogP contribution < -0.4 is 10.6 Å². The summed E-state index contributed by atoms with van der Waals surface area (Å²) in [4.78, 5) is 0. The van der Waals surface area contributed by atoms with Crippen molar-refractivity contribution in [3.05, 3.63) is 29.3 Å². The maximum atomic E-state index is 3.56. The molecule has 0 radical (unpaired) electrons. The molecule has 0 amide bonds. The Morgan fingerprint density at radius 1 is 1.44 bits per heavy atom. The zero-order valence-corrected chi connectivity index (χ0v) is 9.92. The maximum Gasteiger partial charge on any atom is 0.0376 e. The second-order valence-electron chi connectivity index (χ2n) is 5.27. The van der Waals surface area contributed by atoms with Crippen LogP contribution in [0.15, 0.2) is 18.2 Å². The summed E-state index contributed by atoms with van der Waals surface area (Å²) in [6.07, 6.45) is 2.60. The van der Waals surface area contributed by atoms with Gasteiger partial charge in [-0.2, -0.15) is 0 Å². The van der Waals surface area contributed by atoms with Crippen molar-refractivity contribution in [2.45, 2.75) is 26.3 Å². The highest BCUT2D eigenvalue weighted by atomic mass is 14.9. The molecule has 1 heterocycles. The first-order chi connectivity index (χ1) is 7.83. The van der Waals surface area contributed by atoms with Gasteiger partial charge in [-0.1, -0.05) is 19.1 Å². The normalized spacial score (nSPS) is 26.3. The average molecular weight is 216 g/mol. The van der Waals surface area contributed by atoms with Gasteiger partial charge in [-0.3, -0.25) is 0 Å². The number of nitrogens with one attached hydrogen (secondary N) is 2. The van der Waals surface area contributed by atoms with Crippen molar-refractivity contribution in [1.82, 2.24) is 5.32 Å². The Kier molecular flexibility index (Phi) is 2.60. The van der Waals surface area contributed by atoms with Crippen molar-refractivity contribution in [3.63, 3.8) is 0 Å². The van der Waals surface area contributed by atoms with Gasteiger partial charge < -0.3 is 10.6 Å². The van der Waals surface area contributed by atoms with Gasteiger partial charge in [0.25, 0.3) is 0 Å². The van der Waals surface area contributed by atoms with Crippen molar-refractivity contribution in [1.29, 1.82) is 0 Å². The number of benzene rings is 1. The lowest BCUT2D eigenvalue weighted by Crippen LogP contribution is -2.16. The van der Waals surface area contributed by atoms with E-state index in [0.717, 1.165) is 24.9 Å². The lowest BCUT2D eigenvalue weighted by atomic mass is 10.1. The summed E-state index contributed by atoms with van der Waals surface area (Å²) in [6.45, 7) is 5.64. The van der Waals surface area contributed by atoms with Crippen LogP contribution in [-0.2, 0) is 13.0 Å². The molecule has 2 heteroatoms. The minimum Gasteiger partial charge on any atom is -0.384 e. The molecule has 0 aromatic heterocycles. The molecule has 86 valence electrons. The largest absolute Gasteiger partial charge is 0.384 e. The van der Waals surface area contributed by atoms with Crippen LogP contribution in [0.5, 0.6) is 0 Å². The van der Waals surface area contributed by atoms with E-state index in [4.69, 9.17) is 0 Å². The molecule has 2 aliphatic rings. The monoisotopic (exact) mass is 216 g/mol. The van der Waals surface area contributed by atoms with Gasteiger partial charge in [0, 0.05) is 18.8 Å². The second-order valence-corrected chi connectivity index (χ2v) is 5.27. The van der Waals surface area contributed by atoms with Gasteiger partial charge in [0.05, 0.1) is 0 Å². The van der Waals surface area contributed by atoms with Crippen LogP contribution in [0.25, 0.3) is 0 Å². The molecular formula is C14H20N2. The van der Waals surface area contributed by atoms with Gasteiger partial charge >= 0.3 is 0 Å². The van der Waals surface area contributed by atoms with E-state index in [1.807, 2.05) is 0 Å². The summed E-state index contributed by atoms with van der Waals surface area (Å²) in [6, 6.07) is 6.83. The van der Waals surface area contributed by atoms with Gasteiger partial charge in [-0.05, 0) is 48.4 Å². The van der Waals surface area contributed by atoms with E-state index in [1.54, 1.807) is 0 Å². The number of anilines is 1. The fourth-order valence-electron chi connectivity index (χ4n) is 2.53. The lowest BCUT2D eigenvalue weighted by Gasteiger charge is -2.06. The van der Waals surface area contributed by atoms with Gasteiger partial charge in [0.1, 0.15) is 0 Å². The minimum absolute atomic E-state index is 0.938. The van der Waals surface area contributed by atoms with Gasteiger partial charge in [0.15, 0.2) is 0 Å². The third-order valence-electron chi connectivity index (χ3n) is 3.90. The van der Waals surface area contributed by atoms with Crippen LogP contribution >= 0.6 is 0 Å². The SMILES string of the molecule is CC1CC1CNCc1ccc2c(c1)NCC2. The van der Waals surface area contributed by atoms with E-state index in [2.05, 4.69) is 35.8 Å². The van der Waals surface area contributed by atoms with Crippen LogP contribution in [0.2, 0.25) is 0 Å². The Morgan fingerprint density at radius 3 is 3.12 bits per heavy atom. The summed E-state index contributed by atoms with van der Waals surface area (Å²) < 4.78 is 0. The van der Waals surface area contributed by atoms with Crippen LogP contribution in [0, 0.1) is 11.8 Å². The first-order valence-corrected chi connectivity index (χ1v) is 6.39. The summed E-state index contributed by atoms with van der Waals surface area (Å²) in [5, 5.41) is 6.99. The third kappa shape index (κ3) is 2.07. The third-order valence-corrected chi connectivity index (χ3v) is 3.90. The molecule has 1 saturated carbocycles. The summed E-state index contributed by atoms with van der Waals surface area (Å²) >= 11 is 0. The van der Waals surface area contributed by atoms with Crippen molar-refractivity contribution >= 4 is 5.69 Å². The van der Waals surface area contributed by atoms with Crippen molar-refractivity contribution < 1.29 is 0 Å². The highest BCUT2D eigenvalue weighted by Crippen LogP contribution is 2.36. The Balaban J connectivity index is 1.54. The van der Waals surface area contributed by atoms with Crippen LogP contribution in [-0.4, -0.2) is 13.1 Å². The predicted molar refractivity (Wildman–Crippen MR) is 67.6 cm³/mol. The molecule has 0 saturated heterocycles. The van der Waals surface area contributed by atoms with E-state index in [9.17, 15) is 0 Å². The Bertz CT molecular complexity index is 386. The van der Waals surface area contributed by atoms with Gasteiger partial charge in [0.2, 0.25) is 0 Å². The van der Waals surface area contributed by atoms with E-state index < -0.39 is 0 Å². The smallest absolute Gasteiger partial charge is 0.0376 e. The van der Waals surface area contributed by atoms with Crippen LogP contribution in [0.3, 0.4) is 0 Å². The van der Waals surface area contributed by atoms with Crippen LogP contribution in [0.4, 0.5) is 5.69 Å². The number of fused-ring (bicyclic) bond motifs is 1. The van der Waals surface area contributed by atoms with Gasteiger partial charge in [-0.25, -0.2) is 0 Å². The first-order valence-electron chi connectivity index (χ1n) is 6.39. The van der Waals surface area contributed by atoms with Crippen molar-refractivity contribution in [2.24, 2.45) is 11.8 Å². The maximum absolute atomic E-state index is 3.56. The fraction of sp³-hybridized carbons (Fsp3) is 0.571. The summed E-state index contributed by atoms with van der Waals surface area (Å²) in [5.41, 5.74) is 4.22. The van der Waals surface area contributed by atoms with E-state index in [-0.39, 0.29) is 0 Å². The molecule has 2 N–H and O–H groups in total. The number of rotatable bonds is 4. The highest BCUT2D eigenvalue weighted by molar-refractivity contribution is 5.56.